The van der Waals surface area contributed by atoms with Gasteiger partial charge in [-0.3, -0.25) is 4.79 Å². The number of carbonyl (C=O) groups is 4. The minimum Gasteiger partial charge on any atom is -0.481 e. The second-order valence-corrected chi connectivity index (χ2v) is 6.21. The predicted molar refractivity (Wildman–Crippen MR) is 86.8 cm³/mol. The number of esters is 2. The Balaban J connectivity index is 4.55. The van der Waals surface area contributed by atoms with Gasteiger partial charge in [-0.1, -0.05) is 6.58 Å². The summed E-state index contributed by atoms with van der Waals surface area (Å²) in [6, 6.07) is -1.19. The zero-order chi connectivity index (χ0) is 19.6. The zero-order valence-electron chi connectivity index (χ0n) is 14.9. The predicted octanol–water partition coefficient (Wildman–Crippen LogP) is 1.41. The quantitative estimate of drug-likeness (QED) is 0.274. The molecule has 0 aliphatic carbocycles. The molecular formula is C16H25NO8. The van der Waals surface area contributed by atoms with Crippen LogP contribution in [-0.2, 0) is 28.6 Å². The molecule has 1 atom stereocenters. The maximum Gasteiger partial charge on any atom is 0.408 e. The molecule has 0 aliphatic heterocycles. The highest BCUT2D eigenvalue weighted by Gasteiger charge is 2.26. The Labute approximate surface area is 146 Å². The average molecular weight is 359 g/mol. The van der Waals surface area contributed by atoms with E-state index in [1.807, 2.05) is 0 Å². The number of carboxylic acids is 1. The fraction of sp³-hybridized carbons (Fsp3) is 0.625. The van der Waals surface area contributed by atoms with Crippen LogP contribution in [0.3, 0.4) is 0 Å². The Bertz CT molecular complexity index is 521. The normalized spacial score (nSPS) is 11.8. The van der Waals surface area contributed by atoms with Crippen molar-refractivity contribution < 1.29 is 38.5 Å². The molecule has 1 amide bonds. The van der Waals surface area contributed by atoms with Gasteiger partial charge in [-0.2, -0.15) is 0 Å². The van der Waals surface area contributed by atoms with Gasteiger partial charge in [0.1, 0.15) is 24.9 Å². The van der Waals surface area contributed by atoms with Gasteiger partial charge < -0.3 is 24.6 Å². The number of hydrogen-bond donors (Lipinski definition) is 2. The maximum absolute atomic E-state index is 12.0. The van der Waals surface area contributed by atoms with Crippen molar-refractivity contribution in [2.45, 2.75) is 52.2 Å². The fourth-order valence-electron chi connectivity index (χ4n) is 1.47. The molecule has 0 aromatic rings. The average Bonchev–Trinajstić information content (AvgIpc) is 2.45. The Kier molecular flexibility index (Phi) is 9.25. The summed E-state index contributed by atoms with van der Waals surface area (Å²) >= 11 is 0. The van der Waals surface area contributed by atoms with Gasteiger partial charge in [0, 0.05) is 12.0 Å². The SMILES string of the molecule is C=C(C)C(=O)OCCOC(=O)[C@H](CCC(=O)O)NC(=O)OC(C)(C)C. The summed E-state index contributed by atoms with van der Waals surface area (Å²) in [4.78, 5) is 45.6. The first-order valence-electron chi connectivity index (χ1n) is 7.63. The van der Waals surface area contributed by atoms with Crippen molar-refractivity contribution in [3.8, 4) is 0 Å². The fourth-order valence-corrected chi connectivity index (χ4v) is 1.47. The maximum atomic E-state index is 12.0. The van der Waals surface area contributed by atoms with Crippen LogP contribution in [0.25, 0.3) is 0 Å². The molecule has 2 N–H and O–H groups in total. The smallest absolute Gasteiger partial charge is 0.408 e. The molecule has 0 unspecified atom stereocenters. The van der Waals surface area contributed by atoms with Crippen LogP contribution in [-0.4, -0.2) is 54.0 Å². The van der Waals surface area contributed by atoms with Crippen LogP contribution in [0.1, 0.15) is 40.5 Å². The van der Waals surface area contributed by atoms with Gasteiger partial charge in [0.2, 0.25) is 0 Å². The molecule has 0 saturated carbocycles. The zero-order valence-corrected chi connectivity index (χ0v) is 14.9. The number of ether oxygens (including phenoxy) is 3. The van der Waals surface area contributed by atoms with E-state index < -0.39 is 35.6 Å². The monoisotopic (exact) mass is 359 g/mol. The molecule has 142 valence electrons. The van der Waals surface area contributed by atoms with E-state index in [9.17, 15) is 19.2 Å². The van der Waals surface area contributed by atoms with Crippen molar-refractivity contribution in [1.82, 2.24) is 5.32 Å². The van der Waals surface area contributed by atoms with Crippen LogP contribution in [0.5, 0.6) is 0 Å². The third-order valence-corrected chi connectivity index (χ3v) is 2.53. The van der Waals surface area contributed by atoms with E-state index in [0.717, 1.165) is 0 Å². The topological polar surface area (TPSA) is 128 Å². The van der Waals surface area contributed by atoms with Crippen molar-refractivity contribution >= 4 is 24.0 Å². The molecule has 0 radical (unpaired) electrons. The number of amides is 1. The van der Waals surface area contributed by atoms with Crippen molar-refractivity contribution in [1.29, 1.82) is 0 Å². The Morgan fingerprint density at radius 3 is 2.16 bits per heavy atom. The molecule has 0 spiro atoms. The van der Waals surface area contributed by atoms with Crippen LogP contribution >= 0.6 is 0 Å². The van der Waals surface area contributed by atoms with Gasteiger partial charge in [0.25, 0.3) is 0 Å². The summed E-state index contributed by atoms with van der Waals surface area (Å²) in [6.07, 6.45) is -1.38. The lowest BCUT2D eigenvalue weighted by Gasteiger charge is -2.22. The molecule has 0 aromatic heterocycles. The van der Waals surface area contributed by atoms with Crippen LogP contribution in [0.4, 0.5) is 4.79 Å². The molecular weight excluding hydrogens is 334 g/mol. The summed E-state index contributed by atoms with van der Waals surface area (Å²) in [5.74, 6) is -2.59. The van der Waals surface area contributed by atoms with Gasteiger partial charge in [-0.15, -0.1) is 0 Å². The third kappa shape index (κ3) is 11.6. The van der Waals surface area contributed by atoms with E-state index in [-0.39, 0.29) is 31.6 Å². The minimum absolute atomic E-state index is 0.168. The summed E-state index contributed by atoms with van der Waals surface area (Å²) in [5, 5.41) is 11.0. The minimum atomic E-state index is -1.19. The van der Waals surface area contributed by atoms with Crippen molar-refractivity contribution in [3.05, 3.63) is 12.2 Å². The lowest BCUT2D eigenvalue weighted by Crippen LogP contribution is -2.44. The van der Waals surface area contributed by atoms with E-state index >= 15 is 0 Å². The summed E-state index contributed by atoms with van der Waals surface area (Å²) in [7, 11) is 0. The lowest BCUT2D eigenvalue weighted by molar-refractivity contribution is -0.152. The van der Waals surface area contributed by atoms with Gasteiger partial charge in [0.15, 0.2) is 0 Å². The molecule has 0 saturated heterocycles. The molecule has 9 heteroatoms. The van der Waals surface area contributed by atoms with Gasteiger partial charge in [0.05, 0.1) is 0 Å². The van der Waals surface area contributed by atoms with Crippen molar-refractivity contribution in [3.63, 3.8) is 0 Å². The highest BCUT2D eigenvalue weighted by molar-refractivity contribution is 5.87. The molecule has 0 aliphatic rings. The Morgan fingerprint density at radius 2 is 1.68 bits per heavy atom. The molecule has 9 nitrogen and oxygen atoms in total. The molecule has 0 heterocycles. The first-order chi connectivity index (χ1) is 11.4. The number of rotatable bonds is 9. The van der Waals surface area contributed by atoms with Gasteiger partial charge >= 0.3 is 24.0 Å². The number of aliphatic carboxylic acids is 1. The van der Waals surface area contributed by atoms with Gasteiger partial charge in [-0.05, 0) is 34.1 Å². The number of hydrogen-bond acceptors (Lipinski definition) is 7. The Morgan fingerprint density at radius 1 is 1.12 bits per heavy atom. The standard InChI is InChI=1S/C16H25NO8/c1-10(2)13(20)23-8-9-24-14(21)11(6-7-12(18)19)17-15(22)25-16(3,4)5/h11H,1,6-9H2,2-5H3,(H,17,22)(H,18,19)/t11-/m0/s1. The van der Waals surface area contributed by atoms with Crippen molar-refractivity contribution in [2.24, 2.45) is 0 Å². The van der Waals surface area contributed by atoms with E-state index in [2.05, 4.69) is 11.9 Å². The van der Waals surface area contributed by atoms with Crippen LogP contribution < -0.4 is 5.32 Å². The largest absolute Gasteiger partial charge is 0.481 e. The molecule has 25 heavy (non-hydrogen) atoms. The molecule has 0 rings (SSSR count). The first kappa shape index (κ1) is 22.4. The van der Waals surface area contributed by atoms with Gasteiger partial charge in [-0.25, -0.2) is 14.4 Å². The lowest BCUT2D eigenvalue weighted by atomic mass is 10.1. The molecule has 0 aromatic carbocycles. The van der Waals surface area contributed by atoms with Crippen LogP contribution in [0.2, 0.25) is 0 Å². The van der Waals surface area contributed by atoms with Crippen LogP contribution in [0, 0.1) is 0 Å². The second-order valence-electron chi connectivity index (χ2n) is 6.21. The highest BCUT2D eigenvalue weighted by Crippen LogP contribution is 2.08. The second kappa shape index (κ2) is 10.3. The summed E-state index contributed by atoms with van der Waals surface area (Å²) < 4.78 is 14.7. The summed E-state index contributed by atoms with van der Waals surface area (Å²) in [6.45, 7) is 9.39. The van der Waals surface area contributed by atoms with Crippen molar-refractivity contribution in [2.75, 3.05) is 13.2 Å². The summed E-state index contributed by atoms with van der Waals surface area (Å²) in [5.41, 5.74) is -0.570. The van der Waals surface area contributed by atoms with E-state index in [1.54, 1.807) is 20.8 Å². The van der Waals surface area contributed by atoms with E-state index in [1.165, 1.54) is 6.92 Å². The molecule has 0 bridgehead atoms. The Hall–Kier alpha value is -2.58. The number of carboxylic acid groups (broad SMARTS) is 1. The van der Waals surface area contributed by atoms with E-state index in [0.29, 0.717) is 0 Å². The molecule has 0 fully saturated rings. The number of alkyl carbamates (subject to hydrolysis) is 1. The number of carbonyl (C=O) groups excluding carboxylic acids is 3. The first-order valence-corrected chi connectivity index (χ1v) is 7.63. The third-order valence-electron chi connectivity index (χ3n) is 2.53. The highest BCUT2D eigenvalue weighted by atomic mass is 16.6. The van der Waals surface area contributed by atoms with Crippen LogP contribution in [0.15, 0.2) is 12.2 Å². The van der Waals surface area contributed by atoms with E-state index in [4.69, 9.17) is 19.3 Å². The number of nitrogens with one attached hydrogen (secondary N) is 1.